The van der Waals surface area contributed by atoms with Crippen LogP contribution in [0.25, 0.3) is 0 Å². The summed E-state index contributed by atoms with van der Waals surface area (Å²) in [6, 6.07) is 3.14. The maximum absolute atomic E-state index is 12.3. The summed E-state index contributed by atoms with van der Waals surface area (Å²) in [5.74, 6) is 0.0711. The monoisotopic (exact) mass is 299 g/mol. The Morgan fingerprint density at radius 2 is 2.20 bits per heavy atom. The van der Waals surface area contributed by atoms with Crippen molar-refractivity contribution in [2.75, 3.05) is 32.0 Å². The predicted molar refractivity (Wildman–Crippen MR) is 75.6 cm³/mol. The molecule has 0 aromatic carbocycles. The molecule has 0 spiro atoms. The molecule has 1 aromatic heterocycles. The Morgan fingerprint density at radius 1 is 1.50 bits per heavy atom. The van der Waals surface area contributed by atoms with Crippen LogP contribution in [0.5, 0.6) is 0 Å². The van der Waals surface area contributed by atoms with Gasteiger partial charge < -0.3 is 20.5 Å². The summed E-state index contributed by atoms with van der Waals surface area (Å²) in [7, 11) is 0. The highest BCUT2D eigenvalue weighted by Crippen LogP contribution is 2.20. The number of piperidine rings is 1. The molecule has 2 heterocycles. The van der Waals surface area contributed by atoms with Crippen LogP contribution in [0.2, 0.25) is 5.02 Å². The number of aromatic nitrogens is 1. The van der Waals surface area contributed by atoms with Crippen LogP contribution in [0, 0.1) is 0 Å². The molecule has 1 aromatic rings. The van der Waals surface area contributed by atoms with Crippen molar-refractivity contribution in [2.24, 2.45) is 0 Å². The van der Waals surface area contributed by atoms with Crippen LogP contribution in [0.15, 0.2) is 12.1 Å². The van der Waals surface area contributed by atoms with Gasteiger partial charge in [-0.05, 0) is 25.0 Å². The van der Waals surface area contributed by atoms with Gasteiger partial charge in [-0.3, -0.25) is 4.79 Å². The van der Waals surface area contributed by atoms with Crippen molar-refractivity contribution in [3.8, 4) is 0 Å². The van der Waals surface area contributed by atoms with Gasteiger partial charge in [0.15, 0.2) is 0 Å². The molecule has 0 radical (unpaired) electrons. The zero-order valence-corrected chi connectivity index (χ0v) is 11.8. The van der Waals surface area contributed by atoms with Gasteiger partial charge in [-0.25, -0.2) is 4.98 Å². The summed E-state index contributed by atoms with van der Waals surface area (Å²) in [5, 5.41) is 9.03. The van der Waals surface area contributed by atoms with Crippen molar-refractivity contribution in [2.45, 2.75) is 18.9 Å². The van der Waals surface area contributed by atoms with E-state index in [1.54, 1.807) is 17.0 Å². The smallest absolute Gasteiger partial charge is 0.274 e. The molecule has 2 rings (SSSR count). The molecule has 7 heteroatoms. The van der Waals surface area contributed by atoms with Crippen LogP contribution >= 0.6 is 11.6 Å². The second-order valence-corrected chi connectivity index (χ2v) is 5.06. The summed E-state index contributed by atoms with van der Waals surface area (Å²) < 4.78 is 5.46. The van der Waals surface area contributed by atoms with E-state index < -0.39 is 0 Å². The number of aliphatic hydroxyl groups is 1. The van der Waals surface area contributed by atoms with Gasteiger partial charge in [-0.2, -0.15) is 0 Å². The van der Waals surface area contributed by atoms with Gasteiger partial charge in [-0.15, -0.1) is 0 Å². The first-order valence-corrected chi connectivity index (χ1v) is 6.93. The quantitative estimate of drug-likeness (QED) is 0.863. The van der Waals surface area contributed by atoms with Crippen LogP contribution in [0.1, 0.15) is 23.3 Å². The lowest BCUT2D eigenvalue weighted by Gasteiger charge is -2.31. The van der Waals surface area contributed by atoms with Crippen LogP contribution in [0.3, 0.4) is 0 Å². The molecule has 20 heavy (non-hydrogen) atoms. The van der Waals surface area contributed by atoms with Gasteiger partial charge in [0.2, 0.25) is 0 Å². The third-order valence-electron chi connectivity index (χ3n) is 3.24. The lowest BCUT2D eigenvalue weighted by Crippen LogP contribution is -2.41. The van der Waals surface area contributed by atoms with Gasteiger partial charge in [0, 0.05) is 13.1 Å². The third-order valence-corrected chi connectivity index (χ3v) is 3.55. The van der Waals surface area contributed by atoms with E-state index in [1.165, 1.54) is 0 Å². The van der Waals surface area contributed by atoms with Crippen molar-refractivity contribution in [3.05, 3.63) is 22.8 Å². The lowest BCUT2D eigenvalue weighted by molar-refractivity contribution is -0.00564. The number of halogens is 1. The minimum Gasteiger partial charge on any atom is -0.394 e. The van der Waals surface area contributed by atoms with E-state index in [0.717, 1.165) is 12.8 Å². The van der Waals surface area contributed by atoms with E-state index in [4.69, 9.17) is 27.2 Å². The number of rotatable bonds is 4. The SMILES string of the molecule is Nc1ccc(Cl)c(C(=O)N2CCC(OCCO)CC2)n1. The van der Waals surface area contributed by atoms with Crippen molar-refractivity contribution < 1.29 is 14.6 Å². The number of nitrogens with zero attached hydrogens (tertiary/aromatic N) is 2. The van der Waals surface area contributed by atoms with Crippen LogP contribution < -0.4 is 5.73 Å². The zero-order valence-electron chi connectivity index (χ0n) is 11.1. The lowest BCUT2D eigenvalue weighted by atomic mass is 10.1. The summed E-state index contributed by atoms with van der Waals surface area (Å²) in [5.41, 5.74) is 5.78. The second-order valence-electron chi connectivity index (χ2n) is 4.65. The Balaban J connectivity index is 1.96. The van der Waals surface area contributed by atoms with E-state index in [1.807, 2.05) is 0 Å². The van der Waals surface area contributed by atoms with Gasteiger partial charge >= 0.3 is 0 Å². The van der Waals surface area contributed by atoms with E-state index in [2.05, 4.69) is 4.98 Å². The summed E-state index contributed by atoms with van der Waals surface area (Å²) >= 11 is 5.99. The molecule has 0 saturated carbocycles. The Bertz CT molecular complexity index is 476. The fraction of sp³-hybridized carbons (Fsp3) is 0.538. The normalized spacial score (nSPS) is 16.4. The first-order chi connectivity index (χ1) is 9.61. The second kappa shape index (κ2) is 6.88. The minimum absolute atomic E-state index is 0.0158. The fourth-order valence-corrected chi connectivity index (χ4v) is 2.39. The maximum Gasteiger partial charge on any atom is 0.274 e. The number of anilines is 1. The number of likely N-dealkylation sites (tertiary alicyclic amines) is 1. The van der Waals surface area contributed by atoms with Crippen molar-refractivity contribution in [1.82, 2.24) is 9.88 Å². The molecular formula is C13H18ClN3O3. The van der Waals surface area contributed by atoms with Crippen molar-refractivity contribution in [1.29, 1.82) is 0 Å². The Morgan fingerprint density at radius 3 is 2.85 bits per heavy atom. The molecule has 3 N–H and O–H groups in total. The molecule has 1 saturated heterocycles. The molecule has 6 nitrogen and oxygen atoms in total. The van der Waals surface area contributed by atoms with Crippen LogP contribution in [-0.2, 0) is 4.74 Å². The van der Waals surface area contributed by atoms with Gasteiger partial charge in [-0.1, -0.05) is 11.6 Å². The Hall–Kier alpha value is -1.37. The van der Waals surface area contributed by atoms with Gasteiger partial charge in [0.25, 0.3) is 5.91 Å². The number of amides is 1. The van der Waals surface area contributed by atoms with Gasteiger partial charge in [0.05, 0.1) is 24.3 Å². The maximum atomic E-state index is 12.3. The molecule has 0 atom stereocenters. The highest BCUT2D eigenvalue weighted by molar-refractivity contribution is 6.33. The van der Waals surface area contributed by atoms with E-state index >= 15 is 0 Å². The predicted octanol–water partition coefficient (Wildman–Crippen LogP) is 0.931. The first kappa shape index (κ1) is 15.0. The van der Waals surface area contributed by atoms with Crippen LogP contribution in [0.4, 0.5) is 5.82 Å². The molecule has 1 aliphatic rings. The number of carbonyl (C=O) groups is 1. The molecule has 1 fully saturated rings. The number of ether oxygens (including phenoxy) is 1. The third kappa shape index (κ3) is 3.59. The zero-order chi connectivity index (χ0) is 14.5. The number of hydrogen-bond donors (Lipinski definition) is 2. The number of carbonyl (C=O) groups excluding carboxylic acids is 1. The topological polar surface area (TPSA) is 88.7 Å². The average Bonchev–Trinajstić information content (AvgIpc) is 2.47. The molecule has 110 valence electrons. The van der Waals surface area contributed by atoms with Crippen molar-refractivity contribution >= 4 is 23.3 Å². The minimum atomic E-state index is -0.206. The number of nitrogens with two attached hydrogens (primary N) is 1. The molecule has 0 aliphatic carbocycles. The number of aliphatic hydroxyl groups excluding tert-OH is 1. The van der Waals surface area contributed by atoms with E-state index in [-0.39, 0.29) is 30.1 Å². The van der Waals surface area contributed by atoms with Gasteiger partial charge in [0.1, 0.15) is 11.5 Å². The van der Waals surface area contributed by atoms with Crippen LogP contribution in [-0.4, -0.2) is 53.3 Å². The van der Waals surface area contributed by atoms with Crippen molar-refractivity contribution in [3.63, 3.8) is 0 Å². The number of nitrogen functional groups attached to an aromatic ring is 1. The average molecular weight is 300 g/mol. The highest BCUT2D eigenvalue weighted by Gasteiger charge is 2.26. The number of pyridine rings is 1. The number of hydrogen-bond acceptors (Lipinski definition) is 5. The largest absolute Gasteiger partial charge is 0.394 e. The van der Waals surface area contributed by atoms with E-state index in [0.29, 0.717) is 24.7 Å². The standard InChI is InChI=1S/C13H18ClN3O3/c14-10-1-2-11(15)16-12(10)13(19)17-5-3-9(4-6-17)20-8-7-18/h1-2,9,18H,3-8H2,(H2,15,16). The summed E-state index contributed by atoms with van der Waals surface area (Å²) in [6.07, 6.45) is 1.58. The summed E-state index contributed by atoms with van der Waals surface area (Å²) in [4.78, 5) is 18.0. The molecular weight excluding hydrogens is 282 g/mol. The Kier molecular flexibility index (Phi) is 5.17. The molecule has 1 aliphatic heterocycles. The molecule has 0 unspecified atom stereocenters. The molecule has 1 amide bonds. The highest BCUT2D eigenvalue weighted by atomic mass is 35.5. The Labute approximate surface area is 122 Å². The molecule has 0 bridgehead atoms. The summed E-state index contributed by atoms with van der Waals surface area (Å²) in [6.45, 7) is 1.52. The fourth-order valence-electron chi connectivity index (χ4n) is 2.20. The van der Waals surface area contributed by atoms with E-state index in [9.17, 15) is 4.79 Å². The first-order valence-electron chi connectivity index (χ1n) is 6.55.